The number of aromatic nitrogens is 2. The van der Waals surface area contributed by atoms with E-state index in [4.69, 9.17) is 27.7 Å². The van der Waals surface area contributed by atoms with Crippen molar-refractivity contribution >= 4 is 23.2 Å². The summed E-state index contributed by atoms with van der Waals surface area (Å²) in [6.45, 7) is 8.69. The van der Waals surface area contributed by atoms with Gasteiger partial charge in [0.05, 0.1) is 16.1 Å². The molecule has 0 aliphatic carbocycles. The summed E-state index contributed by atoms with van der Waals surface area (Å²) in [6, 6.07) is 5.51. The molecule has 0 saturated heterocycles. The Morgan fingerprint density at radius 2 is 2.00 bits per heavy atom. The minimum Gasteiger partial charge on any atom is -0.338 e. The van der Waals surface area contributed by atoms with E-state index in [1.165, 1.54) is 0 Å². The summed E-state index contributed by atoms with van der Waals surface area (Å²) in [6.07, 6.45) is 0. The van der Waals surface area contributed by atoms with Crippen molar-refractivity contribution < 1.29 is 4.52 Å². The van der Waals surface area contributed by atoms with E-state index in [1.54, 1.807) is 6.07 Å². The molecule has 4 nitrogen and oxygen atoms in total. The molecule has 0 aliphatic heterocycles. The van der Waals surface area contributed by atoms with Crippen molar-refractivity contribution in [1.82, 2.24) is 15.5 Å². The molecule has 0 aliphatic rings. The van der Waals surface area contributed by atoms with Crippen LogP contribution in [0.5, 0.6) is 0 Å². The third kappa shape index (κ3) is 3.96. The second-order valence-corrected chi connectivity index (χ2v) is 6.81. The molecule has 0 amide bonds. The van der Waals surface area contributed by atoms with Crippen LogP contribution in [-0.4, -0.2) is 10.1 Å². The van der Waals surface area contributed by atoms with Gasteiger partial charge in [-0.05, 0) is 18.6 Å². The van der Waals surface area contributed by atoms with E-state index < -0.39 is 0 Å². The molecule has 1 heterocycles. The Hall–Kier alpha value is -1.10. The molecule has 114 valence electrons. The summed E-state index contributed by atoms with van der Waals surface area (Å²) in [5.74, 6) is 1.27. The van der Waals surface area contributed by atoms with E-state index >= 15 is 0 Å². The Balaban J connectivity index is 2.03. The fourth-order valence-corrected chi connectivity index (χ4v) is 2.14. The van der Waals surface area contributed by atoms with E-state index in [0.717, 1.165) is 5.56 Å². The van der Waals surface area contributed by atoms with Crippen molar-refractivity contribution in [3.8, 4) is 0 Å². The van der Waals surface area contributed by atoms with E-state index in [0.29, 0.717) is 28.3 Å². The third-order valence-corrected chi connectivity index (χ3v) is 3.97. The monoisotopic (exact) mass is 327 g/mol. The van der Waals surface area contributed by atoms with Gasteiger partial charge in [0.1, 0.15) is 0 Å². The SMILES string of the molecule is CC(NCc1cccc(Cl)c1Cl)c1nc(C(C)(C)C)no1. The van der Waals surface area contributed by atoms with E-state index in [-0.39, 0.29) is 11.5 Å². The lowest BCUT2D eigenvalue weighted by molar-refractivity contribution is 0.330. The first-order valence-corrected chi connectivity index (χ1v) is 7.55. The molecule has 6 heteroatoms. The molecule has 1 aromatic carbocycles. The molecule has 0 bridgehead atoms. The quantitative estimate of drug-likeness (QED) is 0.896. The number of benzene rings is 1. The van der Waals surface area contributed by atoms with Crippen LogP contribution in [0.15, 0.2) is 22.7 Å². The van der Waals surface area contributed by atoms with Crippen LogP contribution in [0.2, 0.25) is 10.0 Å². The molecular formula is C15H19Cl2N3O. The van der Waals surface area contributed by atoms with E-state index in [1.807, 2.05) is 39.8 Å². The number of hydrogen-bond donors (Lipinski definition) is 1. The first kappa shape index (κ1) is 16.3. The number of nitrogens with zero attached hydrogens (tertiary/aromatic N) is 2. The molecular weight excluding hydrogens is 309 g/mol. The first-order valence-electron chi connectivity index (χ1n) is 6.79. The van der Waals surface area contributed by atoms with Crippen LogP contribution in [0.25, 0.3) is 0 Å². The van der Waals surface area contributed by atoms with Crippen molar-refractivity contribution in [3.63, 3.8) is 0 Å². The summed E-state index contributed by atoms with van der Waals surface area (Å²) < 4.78 is 5.31. The maximum absolute atomic E-state index is 6.16. The zero-order valence-corrected chi connectivity index (χ0v) is 14.1. The lowest BCUT2D eigenvalue weighted by Crippen LogP contribution is -2.19. The Kier molecular flexibility index (Phi) is 4.91. The standard InChI is InChI=1S/C15H19Cl2N3O/c1-9(13-19-14(20-21-13)15(2,3)4)18-8-10-6-5-7-11(16)12(10)17/h5-7,9,18H,8H2,1-4H3. The average molecular weight is 328 g/mol. The number of nitrogens with one attached hydrogen (secondary N) is 1. The zero-order valence-electron chi connectivity index (χ0n) is 12.6. The van der Waals surface area contributed by atoms with Gasteiger partial charge >= 0.3 is 0 Å². The molecule has 21 heavy (non-hydrogen) atoms. The fraction of sp³-hybridized carbons (Fsp3) is 0.467. The predicted molar refractivity (Wildman–Crippen MR) is 84.7 cm³/mol. The van der Waals surface area contributed by atoms with Crippen LogP contribution in [-0.2, 0) is 12.0 Å². The molecule has 0 fully saturated rings. The number of halogens is 2. The average Bonchev–Trinajstić information content (AvgIpc) is 2.90. The summed E-state index contributed by atoms with van der Waals surface area (Å²) >= 11 is 12.2. The zero-order chi connectivity index (χ0) is 15.6. The highest BCUT2D eigenvalue weighted by Crippen LogP contribution is 2.26. The summed E-state index contributed by atoms with van der Waals surface area (Å²) in [5.41, 5.74) is 0.809. The van der Waals surface area contributed by atoms with Crippen LogP contribution < -0.4 is 5.32 Å². The molecule has 2 aromatic rings. The van der Waals surface area contributed by atoms with Crippen LogP contribution >= 0.6 is 23.2 Å². The van der Waals surface area contributed by atoms with Gasteiger partial charge in [0, 0.05) is 12.0 Å². The topological polar surface area (TPSA) is 51.0 Å². The Labute approximate surface area is 134 Å². The fourth-order valence-electron chi connectivity index (χ4n) is 1.75. The molecule has 0 spiro atoms. The van der Waals surface area contributed by atoms with Gasteiger partial charge in [-0.1, -0.05) is 61.3 Å². The van der Waals surface area contributed by atoms with Gasteiger partial charge in [0.25, 0.3) is 0 Å². The van der Waals surface area contributed by atoms with Crippen molar-refractivity contribution in [2.24, 2.45) is 0 Å². The highest BCUT2D eigenvalue weighted by molar-refractivity contribution is 6.42. The van der Waals surface area contributed by atoms with Gasteiger partial charge in [-0.25, -0.2) is 0 Å². The second kappa shape index (κ2) is 6.34. The van der Waals surface area contributed by atoms with Crippen molar-refractivity contribution in [3.05, 3.63) is 45.5 Å². The van der Waals surface area contributed by atoms with Crippen LogP contribution in [0.4, 0.5) is 0 Å². The second-order valence-electron chi connectivity index (χ2n) is 6.02. The first-order chi connectivity index (χ1) is 9.79. The van der Waals surface area contributed by atoms with Gasteiger partial charge in [-0.2, -0.15) is 4.98 Å². The Morgan fingerprint density at radius 3 is 2.62 bits per heavy atom. The molecule has 0 saturated carbocycles. The maximum Gasteiger partial charge on any atom is 0.243 e. The lowest BCUT2D eigenvalue weighted by Gasteiger charge is -2.12. The minimum atomic E-state index is -0.127. The van der Waals surface area contributed by atoms with E-state index in [2.05, 4.69) is 15.5 Å². The van der Waals surface area contributed by atoms with Crippen molar-refractivity contribution in [1.29, 1.82) is 0 Å². The van der Waals surface area contributed by atoms with Crippen molar-refractivity contribution in [2.45, 2.75) is 45.7 Å². The Morgan fingerprint density at radius 1 is 1.29 bits per heavy atom. The summed E-state index contributed by atoms with van der Waals surface area (Å²) in [4.78, 5) is 4.43. The minimum absolute atomic E-state index is 0.0661. The lowest BCUT2D eigenvalue weighted by atomic mass is 9.96. The number of hydrogen-bond acceptors (Lipinski definition) is 4. The molecule has 2 rings (SSSR count). The van der Waals surface area contributed by atoms with Crippen LogP contribution in [0.1, 0.15) is 51.0 Å². The highest BCUT2D eigenvalue weighted by atomic mass is 35.5. The summed E-state index contributed by atoms with van der Waals surface area (Å²) in [5, 5.41) is 8.45. The van der Waals surface area contributed by atoms with Gasteiger partial charge in [-0.3, -0.25) is 0 Å². The summed E-state index contributed by atoms with van der Waals surface area (Å²) in [7, 11) is 0. The van der Waals surface area contributed by atoms with Crippen molar-refractivity contribution in [2.75, 3.05) is 0 Å². The molecule has 1 N–H and O–H groups in total. The largest absolute Gasteiger partial charge is 0.338 e. The third-order valence-electron chi connectivity index (χ3n) is 3.11. The van der Waals surface area contributed by atoms with Crippen LogP contribution in [0.3, 0.4) is 0 Å². The molecule has 1 atom stereocenters. The molecule has 1 aromatic heterocycles. The number of rotatable bonds is 4. The van der Waals surface area contributed by atoms with Gasteiger partial charge < -0.3 is 9.84 Å². The highest BCUT2D eigenvalue weighted by Gasteiger charge is 2.23. The molecule has 1 unspecified atom stereocenters. The smallest absolute Gasteiger partial charge is 0.243 e. The molecule has 0 radical (unpaired) electrons. The van der Waals surface area contributed by atoms with Gasteiger partial charge in [0.2, 0.25) is 5.89 Å². The van der Waals surface area contributed by atoms with E-state index in [9.17, 15) is 0 Å². The normalized spacial score (nSPS) is 13.4. The van der Waals surface area contributed by atoms with Gasteiger partial charge in [0.15, 0.2) is 5.82 Å². The van der Waals surface area contributed by atoms with Crippen LogP contribution in [0, 0.1) is 0 Å². The maximum atomic E-state index is 6.16. The Bertz CT molecular complexity index is 620. The van der Waals surface area contributed by atoms with Gasteiger partial charge in [-0.15, -0.1) is 0 Å². The predicted octanol–water partition coefficient (Wildman–Crippen LogP) is 4.52.